The van der Waals surface area contributed by atoms with E-state index < -0.39 is 30.4 Å². The number of halogens is 3. The zero-order valence-corrected chi connectivity index (χ0v) is 13.1. The van der Waals surface area contributed by atoms with Crippen LogP contribution in [0, 0.1) is 5.92 Å². The van der Waals surface area contributed by atoms with E-state index in [-0.39, 0.29) is 29.1 Å². The molecule has 1 aromatic heterocycles. The molecule has 0 fully saturated rings. The number of carbonyl (C=O) groups excluding carboxylic acids is 1. The minimum absolute atomic E-state index is 0.0273. The lowest BCUT2D eigenvalue weighted by atomic mass is 10.1. The van der Waals surface area contributed by atoms with Crippen LogP contribution in [0.1, 0.15) is 24.2 Å². The van der Waals surface area contributed by atoms with Crippen molar-refractivity contribution in [3.8, 4) is 0 Å². The van der Waals surface area contributed by atoms with Crippen LogP contribution in [0.15, 0.2) is 23.0 Å². The Labute approximate surface area is 135 Å². The molecule has 1 heterocycles. The van der Waals surface area contributed by atoms with E-state index in [0.29, 0.717) is 4.57 Å². The maximum absolute atomic E-state index is 12.5. The number of aliphatic hydroxyl groups excluding tert-OH is 1. The molecule has 0 bridgehead atoms. The summed E-state index contributed by atoms with van der Waals surface area (Å²) >= 11 is 0. The molecule has 1 atom stereocenters. The normalized spacial score (nSPS) is 13.5. The van der Waals surface area contributed by atoms with Crippen molar-refractivity contribution < 1.29 is 23.1 Å². The van der Waals surface area contributed by atoms with Gasteiger partial charge in [-0.2, -0.15) is 13.2 Å². The smallest absolute Gasteiger partial charge is 0.391 e. The van der Waals surface area contributed by atoms with Gasteiger partial charge in [0, 0.05) is 12.1 Å². The molecule has 0 aliphatic rings. The first-order chi connectivity index (χ1) is 11.1. The zero-order chi connectivity index (χ0) is 18.1. The van der Waals surface area contributed by atoms with Crippen LogP contribution in [0.3, 0.4) is 0 Å². The van der Waals surface area contributed by atoms with Crippen molar-refractivity contribution in [2.45, 2.75) is 32.7 Å². The summed E-state index contributed by atoms with van der Waals surface area (Å²) in [5.41, 5.74) is -0.508. The van der Waals surface area contributed by atoms with Crippen molar-refractivity contribution >= 4 is 16.9 Å². The minimum Gasteiger partial charge on any atom is -0.391 e. The van der Waals surface area contributed by atoms with Crippen LogP contribution in [0.2, 0.25) is 0 Å². The average Bonchev–Trinajstić information content (AvgIpc) is 2.77. The lowest BCUT2D eigenvalue weighted by Gasteiger charge is -2.15. The molecule has 132 valence electrons. The number of imidazole rings is 1. The third-order valence-electron chi connectivity index (χ3n) is 3.61. The molecule has 1 amide bonds. The maximum atomic E-state index is 12.5. The first-order valence-corrected chi connectivity index (χ1v) is 7.34. The number of carbonyl (C=O) groups is 1. The summed E-state index contributed by atoms with van der Waals surface area (Å²) in [7, 11) is 0. The Kier molecular flexibility index (Phi) is 5.02. The molecule has 0 aliphatic heterocycles. The maximum Gasteiger partial charge on any atom is 0.406 e. The summed E-state index contributed by atoms with van der Waals surface area (Å²) in [5, 5.41) is 12.2. The van der Waals surface area contributed by atoms with Crippen LogP contribution in [-0.2, 0) is 6.54 Å². The van der Waals surface area contributed by atoms with Crippen LogP contribution in [-0.4, -0.2) is 39.4 Å². The third-order valence-corrected chi connectivity index (χ3v) is 3.61. The third kappa shape index (κ3) is 4.16. The second-order valence-corrected chi connectivity index (χ2v) is 5.88. The molecule has 2 aromatic rings. The van der Waals surface area contributed by atoms with Gasteiger partial charge in [-0.3, -0.25) is 9.36 Å². The van der Waals surface area contributed by atoms with Gasteiger partial charge in [-0.1, -0.05) is 13.8 Å². The summed E-state index contributed by atoms with van der Waals surface area (Å²) in [4.78, 5) is 26.0. The van der Waals surface area contributed by atoms with E-state index in [1.807, 2.05) is 0 Å². The fraction of sp³-hybridized carbons (Fsp3) is 0.467. The number of hydrogen-bond acceptors (Lipinski definition) is 3. The molecule has 2 rings (SSSR count). The van der Waals surface area contributed by atoms with Crippen LogP contribution < -0.4 is 11.0 Å². The van der Waals surface area contributed by atoms with Crippen molar-refractivity contribution in [2.75, 3.05) is 6.54 Å². The number of rotatable bonds is 5. The lowest BCUT2D eigenvalue weighted by Crippen LogP contribution is -2.34. The van der Waals surface area contributed by atoms with E-state index >= 15 is 0 Å². The number of nitrogens with one attached hydrogen (secondary N) is 2. The Morgan fingerprint density at radius 3 is 2.62 bits per heavy atom. The quantitative estimate of drug-likeness (QED) is 0.770. The van der Waals surface area contributed by atoms with Crippen LogP contribution in [0.4, 0.5) is 13.2 Å². The molecule has 3 N–H and O–H groups in total. The molecule has 0 aliphatic carbocycles. The Morgan fingerprint density at radius 2 is 2.04 bits per heavy atom. The molecule has 24 heavy (non-hydrogen) atoms. The number of aromatic amines is 1. The van der Waals surface area contributed by atoms with Crippen molar-refractivity contribution in [1.82, 2.24) is 14.9 Å². The second-order valence-electron chi connectivity index (χ2n) is 5.88. The van der Waals surface area contributed by atoms with Gasteiger partial charge < -0.3 is 15.4 Å². The highest BCUT2D eigenvalue weighted by Crippen LogP contribution is 2.20. The number of amides is 1. The number of alkyl halides is 3. The number of benzene rings is 1. The van der Waals surface area contributed by atoms with Gasteiger partial charge in [0.05, 0.1) is 17.1 Å². The highest BCUT2D eigenvalue weighted by molar-refractivity contribution is 5.97. The Hall–Kier alpha value is -2.29. The number of fused-ring (bicyclic) bond motifs is 1. The molecule has 0 saturated heterocycles. The Balaban J connectivity index is 2.23. The first-order valence-electron chi connectivity index (χ1n) is 7.34. The highest BCUT2D eigenvalue weighted by atomic mass is 19.4. The SMILES string of the molecule is CC(C)C(O)CNC(=O)c1ccc2c(c1)[nH]c(=O)n2CC(F)(F)F. The first kappa shape index (κ1) is 18.1. The molecule has 1 unspecified atom stereocenters. The van der Waals surface area contributed by atoms with Gasteiger partial charge >= 0.3 is 11.9 Å². The molecule has 0 spiro atoms. The topological polar surface area (TPSA) is 87.1 Å². The summed E-state index contributed by atoms with van der Waals surface area (Å²) < 4.78 is 38.1. The Morgan fingerprint density at radius 1 is 1.38 bits per heavy atom. The van der Waals surface area contributed by atoms with E-state index in [1.54, 1.807) is 13.8 Å². The predicted octanol–water partition coefficient (Wildman–Crippen LogP) is 1.64. The second kappa shape index (κ2) is 6.68. The van der Waals surface area contributed by atoms with Gasteiger partial charge in [-0.05, 0) is 24.1 Å². The van der Waals surface area contributed by atoms with Gasteiger partial charge in [0.25, 0.3) is 5.91 Å². The average molecular weight is 345 g/mol. The lowest BCUT2D eigenvalue weighted by molar-refractivity contribution is -0.140. The fourth-order valence-electron chi connectivity index (χ4n) is 2.18. The number of aromatic nitrogens is 2. The van der Waals surface area contributed by atoms with Crippen LogP contribution in [0.25, 0.3) is 11.0 Å². The molecule has 0 saturated carbocycles. The monoisotopic (exact) mass is 345 g/mol. The predicted molar refractivity (Wildman–Crippen MR) is 81.8 cm³/mol. The summed E-state index contributed by atoms with van der Waals surface area (Å²) in [6.45, 7) is 2.26. The van der Waals surface area contributed by atoms with Crippen molar-refractivity contribution in [3.63, 3.8) is 0 Å². The number of hydrogen-bond donors (Lipinski definition) is 3. The molecule has 1 aromatic carbocycles. The number of nitrogens with zero attached hydrogens (tertiary/aromatic N) is 1. The number of aliphatic hydroxyl groups is 1. The van der Waals surface area contributed by atoms with Crippen molar-refractivity contribution in [2.24, 2.45) is 5.92 Å². The molecular weight excluding hydrogens is 327 g/mol. The van der Waals surface area contributed by atoms with E-state index in [9.17, 15) is 27.9 Å². The van der Waals surface area contributed by atoms with Crippen LogP contribution >= 0.6 is 0 Å². The summed E-state index contributed by atoms with van der Waals surface area (Å²) in [6.07, 6.45) is -5.23. The van der Waals surface area contributed by atoms with Gasteiger partial charge in [0.15, 0.2) is 0 Å². The molecular formula is C15H18F3N3O3. The van der Waals surface area contributed by atoms with Crippen molar-refractivity contribution in [3.05, 3.63) is 34.2 Å². The van der Waals surface area contributed by atoms with Gasteiger partial charge in [-0.25, -0.2) is 4.79 Å². The Bertz CT molecular complexity index is 793. The molecule has 0 radical (unpaired) electrons. The standard InChI is InChI=1S/C15H18F3N3O3/c1-8(2)12(22)6-19-13(23)9-3-4-11-10(5-9)20-14(24)21(11)7-15(16,17)18/h3-5,8,12,22H,6-7H2,1-2H3,(H,19,23)(H,20,24). The van der Waals surface area contributed by atoms with Gasteiger partial charge in [0.2, 0.25) is 0 Å². The fourth-order valence-corrected chi connectivity index (χ4v) is 2.18. The summed E-state index contributed by atoms with van der Waals surface area (Å²) in [6, 6.07) is 3.92. The van der Waals surface area contributed by atoms with Gasteiger partial charge in [-0.15, -0.1) is 0 Å². The van der Waals surface area contributed by atoms with Crippen LogP contribution in [0.5, 0.6) is 0 Å². The molecule has 9 heteroatoms. The van der Waals surface area contributed by atoms with E-state index in [1.165, 1.54) is 18.2 Å². The van der Waals surface area contributed by atoms with E-state index in [2.05, 4.69) is 10.3 Å². The zero-order valence-electron chi connectivity index (χ0n) is 13.1. The van der Waals surface area contributed by atoms with E-state index in [4.69, 9.17) is 0 Å². The largest absolute Gasteiger partial charge is 0.406 e. The highest BCUT2D eigenvalue weighted by Gasteiger charge is 2.29. The summed E-state index contributed by atoms with van der Waals surface area (Å²) in [5.74, 6) is -0.512. The van der Waals surface area contributed by atoms with Crippen molar-refractivity contribution in [1.29, 1.82) is 0 Å². The van der Waals surface area contributed by atoms with Gasteiger partial charge in [0.1, 0.15) is 6.54 Å². The minimum atomic E-state index is -4.53. The van der Waals surface area contributed by atoms with E-state index in [0.717, 1.165) is 0 Å². The molecule has 6 nitrogen and oxygen atoms in total. The number of H-pyrrole nitrogens is 1.